The van der Waals surface area contributed by atoms with Gasteiger partial charge in [0.2, 0.25) is 11.8 Å². The number of nitrogens with zero attached hydrogens (tertiary/aromatic N) is 1. The van der Waals surface area contributed by atoms with E-state index in [1.165, 1.54) is 0 Å². The molecule has 0 bridgehead atoms. The Hall–Kier alpha value is -2.08. The number of anilines is 1. The normalized spacial score (nSPS) is 11.4. The van der Waals surface area contributed by atoms with E-state index in [0.717, 1.165) is 5.56 Å². The van der Waals surface area contributed by atoms with Crippen molar-refractivity contribution >= 4 is 17.5 Å². The standard InChI is InChI=1S/C15H24N4O2/c1-15(2,3)18-14(21)10-19(9-13(17)20)8-11-4-6-12(16)7-5-11/h4-7H,8-10,16H2,1-3H3,(H2,17,20)(H,18,21). The molecule has 0 aliphatic carbocycles. The first kappa shape index (κ1) is 17.0. The molecule has 2 amide bonds. The number of carbonyl (C=O) groups excluding carboxylic acids is 2. The SMILES string of the molecule is CC(C)(C)NC(=O)CN(CC(N)=O)Cc1ccc(N)cc1. The van der Waals surface area contributed by atoms with E-state index in [1.54, 1.807) is 17.0 Å². The first-order valence-corrected chi connectivity index (χ1v) is 6.82. The van der Waals surface area contributed by atoms with Crippen LogP contribution in [0.4, 0.5) is 5.69 Å². The minimum atomic E-state index is -0.464. The highest BCUT2D eigenvalue weighted by atomic mass is 16.2. The van der Waals surface area contributed by atoms with Gasteiger partial charge in [-0.3, -0.25) is 14.5 Å². The van der Waals surface area contributed by atoms with Gasteiger partial charge in [0.25, 0.3) is 0 Å². The number of primary amides is 1. The number of nitrogens with two attached hydrogens (primary N) is 2. The van der Waals surface area contributed by atoms with Crippen LogP contribution in [0.5, 0.6) is 0 Å². The van der Waals surface area contributed by atoms with Gasteiger partial charge in [0.05, 0.1) is 13.1 Å². The first-order valence-electron chi connectivity index (χ1n) is 6.82. The van der Waals surface area contributed by atoms with E-state index in [0.29, 0.717) is 12.2 Å². The molecular weight excluding hydrogens is 268 g/mol. The van der Waals surface area contributed by atoms with Gasteiger partial charge in [0, 0.05) is 17.8 Å². The van der Waals surface area contributed by atoms with Gasteiger partial charge < -0.3 is 16.8 Å². The number of rotatable bonds is 6. The fraction of sp³-hybridized carbons (Fsp3) is 0.467. The van der Waals surface area contributed by atoms with Crippen LogP contribution in [0.25, 0.3) is 0 Å². The quantitative estimate of drug-likeness (QED) is 0.663. The Morgan fingerprint density at radius 2 is 1.71 bits per heavy atom. The molecule has 0 unspecified atom stereocenters. The molecule has 0 saturated heterocycles. The summed E-state index contributed by atoms with van der Waals surface area (Å²) in [7, 11) is 0. The van der Waals surface area contributed by atoms with E-state index in [1.807, 2.05) is 32.9 Å². The van der Waals surface area contributed by atoms with Gasteiger partial charge in [-0.2, -0.15) is 0 Å². The predicted octanol–water partition coefficient (Wildman–Crippen LogP) is 0.471. The number of hydrogen-bond donors (Lipinski definition) is 3. The lowest BCUT2D eigenvalue weighted by atomic mass is 10.1. The van der Waals surface area contributed by atoms with Crippen molar-refractivity contribution in [3.05, 3.63) is 29.8 Å². The molecule has 1 aromatic rings. The fourth-order valence-corrected chi connectivity index (χ4v) is 1.93. The van der Waals surface area contributed by atoms with Crippen molar-refractivity contribution in [1.29, 1.82) is 0 Å². The Morgan fingerprint density at radius 1 is 1.14 bits per heavy atom. The van der Waals surface area contributed by atoms with Crippen LogP contribution in [-0.2, 0) is 16.1 Å². The summed E-state index contributed by atoms with van der Waals surface area (Å²) in [5, 5.41) is 2.87. The summed E-state index contributed by atoms with van der Waals surface area (Å²) >= 11 is 0. The Bertz CT molecular complexity index is 491. The highest BCUT2D eigenvalue weighted by molar-refractivity contribution is 5.80. The van der Waals surface area contributed by atoms with E-state index >= 15 is 0 Å². The van der Waals surface area contributed by atoms with E-state index in [-0.39, 0.29) is 24.5 Å². The second-order valence-electron chi connectivity index (χ2n) is 6.15. The molecule has 0 heterocycles. The molecule has 0 fully saturated rings. The maximum Gasteiger partial charge on any atom is 0.234 e. The van der Waals surface area contributed by atoms with Gasteiger partial charge in [0.15, 0.2) is 0 Å². The van der Waals surface area contributed by atoms with Crippen molar-refractivity contribution in [3.63, 3.8) is 0 Å². The highest BCUT2D eigenvalue weighted by Gasteiger charge is 2.18. The predicted molar refractivity (Wildman–Crippen MR) is 83.2 cm³/mol. The molecule has 0 radical (unpaired) electrons. The molecule has 0 aliphatic heterocycles. The van der Waals surface area contributed by atoms with Gasteiger partial charge in [-0.1, -0.05) is 12.1 Å². The van der Waals surface area contributed by atoms with Crippen molar-refractivity contribution in [2.24, 2.45) is 5.73 Å². The summed E-state index contributed by atoms with van der Waals surface area (Å²) < 4.78 is 0. The van der Waals surface area contributed by atoms with Crippen molar-refractivity contribution in [1.82, 2.24) is 10.2 Å². The maximum atomic E-state index is 12.0. The van der Waals surface area contributed by atoms with Crippen molar-refractivity contribution < 1.29 is 9.59 Å². The van der Waals surface area contributed by atoms with E-state index in [9.17, 15) is 9.59 Å². The molecule has 6 nitrogen and oxygen atoms in total. The first-order chi connectivity index (χ1) is 9.65. The average Bonchev–Trinajstić information content (AvgIpc) is 2.28. The van der Waals surface area contributed by atoms with Crippen LogP contribution >= 0.6 is 0 Å². The van der Waals surface area contributed by atoms with Crippen LogP contribution in [0.3, 0.4) is 0 Å². The lowest BCUT2D eigenvalue weighted by molar-refractivity contribution is -0.125. The maximum absolute atomic E-state index is 12.0. The van der Waals surface area contributed by atoms with E-state index in [4.69, 9.17) is 11.5 Å². The number of nitrogens with one attached hydrogen (secondary N) is 1. The van der Waals surface area contributed by atoms with Gasteiger partial charge >= 0.3 is 0 Å². The third kappa shape index (κ3) is 7.31. The topological polar surface area (TPSA) is 101 Å². The average molecular weight is 292 g/mol. The Labute approximate surface area is 125 Å². The minimum absolute atomic E-state index is 0.0297. The summed E-state index contributed by atoms with van der Waals surface area (Å²) in [6.07, 6.45) is 0. The molecule has 0 atom stereocenters. The van der Waals surface area contributed by atoms with Crippen LogP contribution in [0.15, 0.2) is 24.3 Å². The molecule has 0 spiro atoms. The number of nitrogen functional groups attached to an aromatic ring is 1. The molecule has 6 heteroatoms. The lowest BCUT2D eigenvalue weighted by Gasteiger charge is -2.25. The summed E-state index contributed by atoms with van der Waals surface area (Å²) in [5.41, 5.74) is 12.2. The molecular formula is C15H24N4O2. The Kier molecular flexibility index (Phi) is 5.72. The smallest absolute Gasteiger partial charge is 0.234 e. The van der Waals surface area contributed by atoms with Crippen LogP contribution in [0.1, 0.15) is 26.3 Å². The summed E-state index contributed by atoms with van der Waals surface area (Å²) in [5.74, 6) is -0.604. The highest BCUT2D eigenvalue weighted by Crippen LogP contribution is 2.08. The third-order valence-corrected chi connectivity index (χ3v) is 2.65. The van der Waals surface area contributed by atoms with Crippen molar-refractivity contribution in [2.45, 2.75) is 32.9 Å². The van der Waals surface area contributed by atoms with Crippen LogP contribution in [0.2, 0.25) is 0 Å². The summed E-state index contributed by atoms with van der Waals surface area (Å²) in [6, 6.07) is 7.30. The monoisotopic (exact) mass is 292 g/mol. The zero-order chi connectivity index (χ0) is 16.0. The second kappa shape index (κ2) is 7.08. The van der Waals surface area contributed by atoms with Gasteiger partial charge in [-0.25, -0.2) is 0 Å². The number of benzene rings is 1. The summed E-state index contributed by atoms with van der Waals surface area (Å²) in [4.78, 5) is 24.8. The third-order valence-electron chi connectivity index (χ3n) is 2.65. The van der Waals surface area contributed by atoms with Crippen LogP contribution in [0, 0.1) is 0 Å². The molecule has 116 valence electrons. The number of carbonyl (C=O) groups is 2. The Balaban J connectivity index is 2.69. The van der Waals surface area contributed by atoms with Crippen molar-refractivity contribution in [2.75, 3.05) is 18.8 Å². The molecule has 0 aliphatic rings. The molecule has 0 aromatic heterocycles. The fourth-order valence-electron chi connectivity index (χ4n) is 1.93. The number of hydrogen-bond acceptors (Lipinski definition) is 4. The van der Waals surface area contributed by atoms with Crippen molar-refractivity contribution in [3.8, 4) is 0 Å². The van der Waals surface area contributed by atoms with Crippen LogP contribution in [-0.4, -0.2) is 35.3 Å². The van der Waals surface area contributed by atoms with Crippen LogP contribution < -0.4 is 16.8 Å². The van der Waals surface area contributed by atoms with E-state index < -0.39 is 5.91 Å². The minimum Gasteiger partial charge on any atom is -0.399 e. The second-order valence-corrected chi connectivity index (χ2v) is 6.15. The largest absolute Gasteiger partial charge is 0.399 e. The zero-order valence-electron chi connectivity index (χ0n) is 12.8. The Morgan fingerprint density at radius 3 is 2.19 bits per heavy atom. The summed E-state index contributed by atoms with van der Waals surface area (Å²) in [6.45, 7) is 6.32. The van der Waals surface area contributed by atoms with E-state index in [2.05, 4.69) is 5.32 Å². The van der Waals surface area contributed by atoms with Gasteiger partial charge in [0.1, 0.15) is 0 Å². The molecule has 1 rings (SSSR count). The lowest BCUT2D eigenvalue weighted by Crippen LogP contribution is -2.47. The zero-order valence-corrected chi connectivity index (χ0v) is 12.8. The molecule has 0 saturated carbocycles. The molecule has 5 N–H and O–H groups in total. The van der Waals surface area contributed by atoms with Gasteiger partial charge in [-0.05, 0) is 38.5 Å². The van der Waals surface area contributed by atoms with Gasteiger partial charge in [-0.15, -0.1) is 0 Å². The molecule has 21 heavy (non-hydrogen) atoms. The molecule has 1 aromatic carbocycles. The number of amides is 2.